The molecule has 1 amide bonds. The van der Waals surface area contributed by atoms with Crippen molar-refractivity contribution in [1.29, 1.82) is 0 Å². The van der Waals surface area contributed by atoms with Crippen LogP contribution < -0.4 is 10.1 Å². The predicted molar refractivity (Wildman–Crippen MR) is 115 cm³/mol. The number of likely N-dealkylation sites (tertiary alicyclic amines) is 1. The summed E-state index contributed by atoms with van der Waals surface area (Å²) in [5, 5.41) is 3.33. The van der Waals surface area contributed by atoms with Gasteiger partial charge in [0.1, 0.15) is 5.75 Å². The van der Waals surface area contributed by atoms with Crippen LogP contribution in [0.5, 0.6) is 5.75 Å². The van der Waals surface area contributed by atoms with Crippen LogP contribution in [0.4, 0.5) is 5.69 Å². The van der Waals surface area contributed by atoms with Crippen LogP contribution in [0.2, 0.25) is 0 Å². The SMILES string of the molecule is CC(C)Oc1ccc(NCCC(=O)N2CCC(Cc3ccccc3)CC2)cc1. The van der Waals surface area contributed by atoms with E-state index in [0.717, 1.165) is 43.8 Å². The molecule has 28 heavy (non-hydrogen) atoms. The molecule has 0 aromatic heterocycles. The average Bonchev–Trinajstić information content (AvgIpc) is 2.70. The van der Waals surface area contributed by atoms with Gasteiger partial charge in [0.15, 0.2) is 0 Å². The number of carbonyl (C=O) groups is 1. The van der Waals surface area contributed by atoms with Gasteiger partial charge in [-0.2, -0.15) is 0 Å². The molecule has 4 heteroatoms. The van der Waals surface area contributed by atoms with Gasteiger partial charge in [0.25, 0.3) is 0 Å². The molecular weight excluding hydrogens is 348 g/mol. The quantitative estimate of drug-likeness (QED) is 0.718. The summed E-state index contributed by atoms with van der Waals surface area (Å²) in [6, 6.07) is 18.6. The standard InChI is InChI=1S/C24H32N2O2/c1-19(2)28-23-10-8-22(9-11-23)25-15-12-24(27)26-16-13-21(14-17-26)18-20-6-4-3-5-7-20/h3-11,19,21,25H,12-18H2,1-2H3. The summed E-state index contributed by atoms with van der Waals surface area (Å²) in [7, 11) is 0. The zero-order valence-electron chi connectivity index (χ0n) is 17.1. The van der Waals surface area contributed by atoms with Crippen molar-refractivity contribution in [2.75, 3.05) is 25.0 Å². The molecule has 1 fully saturated rings. The van der Waals surface area contributed by atoms with Crippen LogP contribution in [-0.2, 0) is 11.2 Å². The fourth-order valence-corrected chi connectivity index (χ4v) is 3.73. The highest BCUT2D eigenvalue weighted by Gasteiger charge is 2.22. The van der Waals surface area contributed by atoms with Gasteiger partial charge in [-0.25, -0.2) is 0 Å². The van der Waals surface area contributed by atoms with E-state index in [-0.39, 0.29) is 12.0 Å². The fourth-order valence-electron chi connectivity index (χ4n) is 3.73. The molecule has 2 aromatic rings. The van der Waals surface area contributed by atoms with Crippen LogP contribution >= 0.6 is 0 Å². The van der Waals surface area contributed by atoms with Gasteiger partial charge in [-0.05, 0) is 68.9 Å². The second kappa shape index (κ2) is 10.2. The van der Waals surface area contributed by atoms with Crippen molar-refractivity contribution >= 4 is 11.6 Å². The van der Waals surface area contributed by atoms with Crippen molar-refractivity contribution in [2.24, 2.45) is 5.92 Å². The minimum absolute atomic E-state index is 0.174. The minimum Gasteiger partial charge on any atom is -0.491 e. The lowest BCUT2D eigenvalue weighted by atomic mass is 9.90. The maximum atomic E-state index is 12.5. The molecule has 0 aliphatic carbocycles. The van der Waals surface area contributed by atoms with Crippen LogP contribution in [0, 0.1) is 5.92 Å². The number of nitrogens with one attached hydrogen (secondary N) is 1. The van der Waals surface area contributed by atoms with E-state index in [9.17, 15) is 4.79 Å². The molecule has 0 bridgehead atoms. The Labute approximate surface area is 168 Å². The highest BCUT2D eigenvalue weighted by atomic mass is 16.5. The van der Waals surface area contributed by atoms with Crippen molar-refractivity contribution in [2.45, 2.75) is 45.6 Å². The van der Waals surface area contributed by atoms with Gasteiger partial charge in [-0.3, -0.25) is 4.79 Å². The number of ether oxygens (including phenoxy) is 1. The smallest absolute Gasteiger partial charge is 0.224 e. The summed E-state index contributed by atoms with van der Waals surface area (Å²) < 4.78 is 5.65. The van der Waals surface area contributed by atoms with Gasteiger partial charge in [0.05, 0.1) is 6.10 Å². The molecular formula is C24H32N2O2. The van der Waals surface area contributed by atoms with Crippen molar-refractivity contribution in [3.8, 4) is 5.75 Å². The van der Waals surface area contributed by atoms with Gasteiger partial charge in [0, 0.05) is 31.7 Å². The monoisotopic (exact) mass is 380 g/mol. The maximum Gasteiger partial charge on any atom is 0.224 e. The van der Waals surface area contributed by atoms with Crippen molar-refractivity contribution in [3.63, 3.8) is 0 Å². The summed E-state index contributed by atoms with van der Waals surface area (Å²) in [4.78, 5) is 14.5. The van der Waals surface area contributed by atoms with Crippen molar-refractivity contribution in [3.05, 3.63) is 60.2 Å². The highest BCUT2D eigenvalue weighted by Crippen LogP contribution is 2.22. The molecule has 1 aliphatic rings. The Balaban J connectivity index is 1.35. The first kappa shape index (κ1) is 20.2. The van der Waals surface area contributed by atoms with E-state index in [1.807, 2.05) is 43.0 Å². The number of benzene rings is 2. The molecule has 1 heterocycles. The molecule has 1 N–H and O–H groups in total. The normalized spacial score (nSPS) is 14.9. The summed E-state index contributed by atoms with van der Waals surface area (Å²) in [5.74, 6) is 1.82. The molecule has 2 aromatic carbocycles. The Kier molecular flexibility index (Phi) is 7.35. The zero-order valence-corrected chi connectivity index (χ0v) is 17.1. The number of carbonyl (C=O) groups excluding carboxylic acids is 1. The summed E-state index contributed by atoms with van der Waals surface area (Å²) >= 11 is 0. The zero-order chi connectivity index (χ0) is 19.8. The largest absolute Gasteiger partial charge is 0.491 e. The topological polar surface area (TPSA) is 41.6 Å². The van der Waals surface area contributed by atoms with Crippen LogP contribution in [0.25, 0.3) is 0 Å². The number of piperidine rings is 1. The molecule has 150 valence electrons. The van der Waals surface area contributed by atoms with E-state index < -0.39 is 0 Å². The Hall–Kier alpha value is -2.49. The molecule has 1 aliphatic heterocycles. The van der Waals surface area contributed by atoms with Gasteiger partial charge in [0.2, 0.25) is 5.91 Å². The van der Waals surface area contributed by atoms with E-state index >= 15 is 0 Å². The van der Waals surface area contributed by atoms with E-state index in [2.05, 4.69) is 35.6 Å². The predicted octanol–water partition coefficient (Wildman–Crippen LogP) is 4.76. The lowest BCUT2D eigenvalue weighted by Crippen LogP contribution is -2.39. The molecule has 3 rings (SSSR count). The molecule has 0 unspecified atom stereocenters. The maximum absolute atomic E-state index is 12.5. The van der Waals surface area contributed by atoms with E-state index in [0.29, 0.717) is 18.9 Å². The highest BCUT2D eigenvalue weighted by molar-refractivity contribution is 5.76. The average molecular weight is 381 g/mol. The van der Waals surface area contributed by atoms with Gasteiger partial charge >= 0.3 is 0 Å². The second-order valence-electron chi connectivity index (χ2n) is 7.88. The van der Waals surface area contributed by atoms with E-state index in [1.165, 1.54) is 5.56 Å². The molecule has 0 radical (unpaired) electrons. The van der Waals surface area contributed by atoms with E-state index in [1.54, 1.807) is 0 Å². The second-order valence-corrected chi connectivity index (χ2v) is 7.88. The van der Waals surface area contributed by atoms with Gasteiger partial charge in [-0.1, -0.05) is 30.3 Å². The number of rotatable bonds is 8. The first-order valence-electron chi connectivity index (χ1n) is 10.4. The number of amides is 1. The molecule has 0 atom stereocenters. The van der Waals surface area contributed by atoms with E-state index in [4.69, 9.17) is 4.74 Å². The Morgan fingerprint density at radius 1 is 1.07 bits per heavy atom. The third kappa shape index (κ3) is 6.29. The molecule has 0 spiro atoms. The van der Waals surface area contributed by atoms with Crippen LogP contribution in [0.3, 0.4) is 0 Å². The van der Waals surface area contributed by atoms with Gasteiger partial charge in [-0.15, -0.1) is 0 Å². The van der Waals surface area contributed by atoms with Crippen LogP contribution in [-0.4, -0.2) is 36.5 Å². The lowest BCUT2D eigenvalue weighted by molar-refractivity contribution is -0.132. The lowest BCUT2D eigenvalue weighted by Gasteiger charge is -2.32. The molecule has 4 nitrogen and oxygen atoms in total. The van der Waals surface area contributed by atoms with Gasteiger partial charge < -0.3 is 15.0 Å². The Morgan fingerprint density at radius 3 is 2.39 bits per heavy atom. The van der Waals surface area contributed by atoms with Crippen molar-refractivity contribution in [1.82, 2.24) is 4.90 Å². The van der Waals surface area contributed by atoms with Crippen molar-refractivity contribution < 1.29 is 9.53 Å². The summed E-state index contributed by atoms with van der Waals surface area (Å²) in [6.45, 7) is 6.47. The number of hydrogen-bond donors (Lipinski definition) is 1. The first-order valence-corrected chi connectivity index (χ1v) is 10.4. The third-order valence-electron chi connectivity index (χ3n) is 5.23. The Bertz CT molecular complexity index is 720. The molecule has 0 saturated carbocycles. The third-order valence-corrected chi connectivity index (χ3v) is 5.23. The molecule has 1 saturated heterocycles. The first-order chi connectivity index (χ1) is 13.6. The number of anilines is 1. The summed E-state index contributed by atoms with van der Waals surface area (Å²) in [6.07, 6.45) is 4.04. The number of nitrogens with zero attached hydrogens (tertiary/aromatic N) is 1. The Morgan fingerprint density at radius 2 is 1.75 bits per heavy atom. The summed E-state index contributed by atoms with van der Waals surface area (Å²) in [5.41, 5.74) is 2.42. The fraction of sp³-hybridized carbons (Fsp3) is 0.458. The minimum atomic E-state index is 0.174. The number of hydrogen-bond acceptors (Lipinski definition) is 3. The van der Waals surface area contributed by atoms with Crippen LogP contribution in [0.15, 0.2) is 54.6 Å². The van der Waals surface area contributed by atoms with Crippen LogP contribution in [0.1, 0.15) is 38.7 Å².